The number of carbonyl (C=O) groups is 1. The Balaban J connectivity index is 1.16. The third-order valence-electron chi connectivity index (χ3n) is 6.64. The third-order valence-corrected chi connectivity index (χ3v) is 8.08. The summed E-state index contributed by atoms with van der Waals surface area (Å²) >= 11 is 7.88. The molecule has 2 aromatic heterocycles. The summed E-state index contributed by atoms with van der Waals surface area (Å²) < 4.78 is 1.21. The third kappa shape index (κ3) is 3.56. The summed E-state index contributed by atoms with van der Waals surface area (Å²) in [4.78, 5) is 23.8. The number of carbonyl (C=O) groups excluding carboxylic acids is 1. The zero-order valence-corrected chi connectivity index (χ0v) is 18.8. The summed E-state index contributed by atoms with van der Waals surface area (Å²) in [6, 6.07) is 9.86. The fourth-order valence-electron chi connectivity index (χ4n) is 4.87. The molecule has 1 N–H and O–H groups in total. The van der Waals surface area contributed by atoms with E-state index in [-0.39, 0.29) is 11.9 Å². The first-order valence-corrected chi connectivity index (χ1v) is 11.7. The van der Waals surface area contributed by atoms with Crippen LogP contribution in [0.1, 0.15) is 53.9 Å². The quantitative estimate of drug-likeness (QED) is 0.588. The van der Waals surface area contributed by atoms with Crippen LogP contribution < -0.4 is 10.2 Å². The van der Waals surface area contributed by atoms with Gasteiger partial charge in [0.2, 0.25) is 0 Å². The largest absolute Gasteiger partial charge is 0.360 e. The minimum absolute atomic E-state index is 0.00179. The highest BCUT2D eigenvalue weighted by atomic mass is 35.5. The molecule has 2 aliphatic carbocycles. The molecule has 0 radical (unpaired) electrons. The van der Waals surface area contributed by atoms with Gasteiger partial charge in [0.25, 0.3) is 5.91 Å². The standard InChI is InChI=1S/C23H25ClN4OS/c1-3-28(2)20-8-14(6-7-25-20)21(29)26-17-12-23(13-17)10-15(11-23)22-27-18-9-16(24)4-5-19(18)30-22/h4-9,15,17H,3,10-13H2,1-2H3,(H,26,29). The monoisotopic (exact) mass is 440 g/mol. The Morgan fingerprint density at radius 2 is 2.07 bits per heavy atom. The number of fused-ring (bicyclic) bond motifs is 1. The Hall–Kier alpha value is -2.18. The zero-order valence-electron chi connectivity index (χ0n) is 17.2. The molecule has 0 unspecified atom stereocenters. The number of nitrogens with zero attached hydrogens (tertiary/aromatic N) is 3. The van der Waals surface area contributed by atoms with E-state index in [4.69, 9.17) is 16.6 Å². The molecule has 2 heterocycles. The molecule has 2 aliphatic rings. The van der Waals surface area contributed by atoms with Crippen molar-refractivity contribution in [1.82, 2.24) is 15.3 Å². The lowest BCUT2D eigenvalue weighted by Crippen LogP contribution is -2.55. The molecule has 3 aromatic rings. The van der Waals surface area contributed by atoms with E-state index in [2.05, 4.69) is 23.3 Å². The SMILES string of the molecule is CCN(C)c1cc(C(=O)NC2CC3(C2)CC(c2nc4cc(Cl)ccc4s2)C3)ccn1. The van der Waals surface area contributed by atoms with E-state index in [1.165, 1.54) is 22.5 Å². The minimum atomic E-state index is 0.00179. The molecular formula is C23H25ClN4OS. The highest BCUT2D eigenvalue weighted by Crippen LogP contribution is 2.62. The number of rotatable bonds is 5. The topological polar surface area (TPSA) is 58.1 Å². The summed E-state index contributed by atoms with van der Waals surface area (Å²) in [6.07, 6.45) is 6.19. The average molecular weight is 441 g/mol. The predicted molar refractivity (Wildman–Crippen MR) is 123 cm³/mol. The lowest BCUT2D eigenvalue weighted by atomic mass is 9.50. The number of aromatic nitrogens is 2. The highest BCUT2D eigenvalue weighted by Gasteiger charge is 2.54. The number of nitrogens with one attached hydrogen (secondary N) is 1. The van der Waals surface area contributed by atoms with Gasteiger partial charge in [-0.2, -0.15) is 0 Å². The van der Waals surface area contributed by atoms with Crippen LogP contribution in [0.4, 0.5) is 5.82 Å². The summed E-state index contributed by atoms with van der Waals surface area (Å²) in [6.45, 7) is 2.92. The second kappa shape index (κ2) is 7.50. The smallest absolute Gasteiger partial charge is 0.251 e. The van der Waals surface area contributed by atoms with Crippen LogP contribution in [0, 0.1) is 5.41 Å². The van der Waals surface area contributed by atoms with Gasteiger partial charge in [0.15, 0.2) is 0 Å². The number of halogens is 1. The lowest BCUT2D eigenvalue weighted by Gasteiger charge is -2.57. The fraction of sp³-hybridized carbons (Fsp3) is 0.435. The fourth-order valence-corrected chi connectivity index (χ4v) is 6.09. The van der Waals surface area contributed by atoms with Crippen LogP contribution in [0.2, 0.25) is 5.02 Å². The summed E-state index contributed by atoms with van der Waals surface area (Å²) in [5.41, 5.74) is 2.08. The molecule has 2 fully saturated rings. The molecule has 0 bridgehead atoms. The van der Waals surface area contributed by atoms with E-state index in [1.807, 2.05) is 30.1 Å². The molecule has 7 heteroatoms. The number of hydrogen-bond acceptors (Lipinski definition) is 5. The number of amides is 1. The van der Waals surface area contributed by atoms with Crippen molar-refractivity contribution in [2.75, 3.05) is 18.5 Å². The first-order chi connectivity index (χ1) is 14.4. The molecule has 0 saturated heterocycles. The van der Waals surface area contributed by atoms with Crippen LogP contribution >= 0.6 is 22.9 Å². The number of thiazole rings is 1. The Bertz CT molecular complexity index is 1100. The van der Waals surface area contributed by atoms with Crippen LogP contribution in [0.3, 0.4) is 0 Å². The van der Waals surface area contributed by atoms with Crippen molar-refractivity contribution in [1.29, 1.82) is 0 Å². The van der Waals surface area contributed by atoms with E-state index in [0.717, 1.165) is 35.7 Å². The van der Waals surface area contributed by atoms with Crippen LogP contribution in [0.5, 0.6) is 0 Å². The maximum absolute atomic E-state index is 12.7. The van der Waals surface area contributed by atoms with Gasteiger partial charge < -0.3 is 10.2 Å². The van der Waals surface area contributed by atoms with Gasteiger partial charge in [0.05, 0.1) is 15.2 Å². The van der Waals surface area contributed by atoms with Gasteiger partial charge in [-0.15, -0.1) is 11.3 Å². The Labute approximate surface area is 185 Å². The first kappa shape index (κ1) is 19.8. The molecule has 1 amide bonds. The molecule has 5 nitrogen and oxygen atoms in total. The van der Waals surface area contributed by atoms with Crippen molar-refractivity contribution >= 4 is 44.9 Å². The molecule has 30 heavy (non-hydrogen) atoms. The Kier molecular flexibility index (Phi) is 4.94. The van der Waals surface area contributed by atoms with Gasteiger partial charge in [-0.05, 0) is 68.4 Å². The summed E-state index contributed by atoms with van der Waals surface area (Å²) in [7, 11) is 1.98. The van der Waals surface area contributed by atoms with E-state index in [1.54, 1.807) is 23.6 Å². The molecular weight excluding hydrogens is 416 g/mol. The second-order valence-corrected chi connectivity index (χ2v) is 10.3. The first-order valence-electron chi connectivity index (χ1n) is 10.5. The zero-order chi connectivity index (χ0) is 20.9. The predicted octanol–water partition coefficient (Wildman–Crippen LogP) is 5.26. The number of pyridine rings is 1. The van der Waals surface area contributed by atoms with Gasteiger partial charge in [0, 0.05) is 42.3 Å². The number of benzene rings is 1. The molecule has 2 saturated carbocycles. The van der Waals surface area contributed by atoms with Crippen LogP contribution in [-0.4, -0.2) is 35.5 Å². The highest BCUT2D eigenvalue weighted by molar-refractivity contribution is 7.18. The molecule has 0 atom stereocenters. The van der Waals surface area contributed by atoms with E-state index < -0.39 is 0 Å². The molecule has 1 aromatic carbocycles. The minimum Gasteiger partial charge on any atom is -0.360 e. The van der Waals surface area contributed by atoms with Crippen molar-refractivity contribution < 1.29 is 4.79 Å². The van der Waals surface area contributed by atoms with Crippen LogP contribution in [0.25, 0.3) is 10.2 Å². The van der Waals surface area contributed by atoms with Gasteiger partial charge in [0.1, 0.15) is 5.82 Å². The maximum atomic E-state index is 12.7. The normalized spacial score (nSPS) is 25.0. The van der Waals surface area contributed by atoms with Crippen LogP contribution in [-0.2, 0) is 0 Å². The Morgan fingerprint density at radius 3 is 2.83 bits per heavy atom. The van der Waals surface area contributed by atoms with Crippen molar-refractivity contribution in [2.45, 2.75) is 44.6 Å². The van der Waals surface area contributed by atoms with Crippen LogP contribution in [0.15, 0.2) is 36.5 Å². The molecule has 5 rings (SSSR count). The van der Waals surface area contributed by atoms with E-state index >= 15 is 0 Å². The van der Waals surface area contributed by atoms with E-state index in [9.17, 15) is 4.79 Å². The van der Waals surface area contributed by atoms with Gasteiger partial charge >= 0.3 is 0 Å². The van der Waals surface area contributed by atoms with Gasteiger partial charge in [-0.1, -0.05) is 11.6 Å². The number of hydrogen-bond donors (Lipinski definition) is 1. The van der Waals surface area contributed by atoms with Crippen molar-refractivity contribution in [3.63, 3.8) is 0 Å². The average Bonchev–Trinajstić information content (AvgIpc) is 3.10. The van der Waals surface area contributed by atoms with Crippen molar-refractivity contribution in [2.24, 2.45) is 5.41 Å². The molecule has 1 spiro atoms. The van der Waals surface area contributed by atoms with Gasteiger partial charge in [-0.25, -0.2) is 9.97 Å². The Morgan fingerprint density at radius 1 is 1.27 bits per heavy atom. The second-order valence-electron chi connectivity index (χ2n) is 8.76. The van der Waals surface area contributed by atoms with Crippen molar-refractivity contribution in [3.8, 4) is 0 Å². The summed E-state index contributed by atoms with van der Waals surface area (Å²) in [5, 5.41) is 5.18. The van der Waals surface area contributed by atoms with Gasteiger partial charge in [-0.3, -0.25) is 4.79 Å². The lowest BCUT2D eigenvalue weighted by molar-refractivity contribution is -0.0187. The van der Waals surface area contributed by atoms with E-state index in [0.29, 0.717) is 16.9 Å². The maximum Gasteiger partial charge on any atom is 0.251 e. The van der Waals surface area contributed by atoms with Crippen molar-refractivity contribution in [3.05, 3.63) is 52.1 Å². The number of anilines is 1. The summed E-state index contributed by atoms with van der Waals surface area (Å²) in [5.74, 6) is 1.38. The molecule has 0 aliphatic heterocycles. The molecule has 156 valence electrons.